The molecule has 0 aliphatic heterocycles. The Labute approximate surface area is 139 Å². The molecule has 0 aliphatic rings. The highest BCUT2D eigenvalue weighted by Crippen LogP contribution is 2.16. The monoisotopic (exact) mass is 332 g/mol. The van der Waals surface area contributed by atoms with Crippen LogP contribution < -0.4 is 20.1 Å². The number of carbonyl (C=O) groups is 2. The van der Waals surface area contributed by atoms with Crippen LogP contribution in [-0.2, 0) is 11.8 Å². The first-order valence-electron chi connectivity index (χ1n) is 7.42. The maximum Gasteiger partial charge on any atom is 0.258 e. The van der Waals surface area contributed by atoms with E-state index >= 15 is 0 Å². The number of carbonyl (C=O) groups excluding carboxylic acids is 2. The molecule has 2 amide bonds. The number of aromatic nitrogens is 2. The molecular formula is C16H20N4O4. The largest absolute Gasteiger partial charge is 0.494 e. The number of anilines is 1. The molecule has 0 unspecified atom stereocenters. The summed E-state index contributed by atoms with van der Waals surface area (Å²) in [4.78, 5) is 24.0. The zero-order chi connectivity index (χ0) is 17.5. The van der Waals surface area contributed by atoms with Gasteiger partial charge in [-0.25, -0.2) is 0 Å². The summed E-state index contributed by atoms with van der Waals surface area (Å²) in [7, 11) is 3.11. The Bertz CT molecular complexity index is 709. The highest BCUT2D eigenvalue weighted by molar-refractivity contribution is 6.00. The van der Waals surface area contributed by atoms with Gasteiger partial charge in [-0.15, -0.1) is 5.10 Å². The van der Waals surface area contributed by atoms with Gasteiger partial charge in [-0.1, -0.05) is 0 Å². The van der Waals surface area contributed by atoms with E-state index in [0.29, 0.717) is 12.3 Å². The third kappa shape index (κ3) is 4.48. The van der Waals surface area contributed by atoms with Crippen molar-refractivity contribution in [3.63, 3.8) is 0 Å². The number of aryl methyl sites for hydroxylation is 1. The number of nitrogens with one attached hydrogen (secondary N) is 2. The summed E-state index contributed by atoms with van der Waals surface area (Å²) in [6.07, 6.45) is 1.53. The van der Waals surface area contributed by atoms with Crippen molar-refractivity contribution in [3.05, 3.63) is 36.0 Å². The minimum atomic E-state index is -0.429. The third-order valence-corrected chi connectivity index (χ3v) is 3.09. The summed E-state index contributed by atoms with van der Waals surface area (Å²) >= 11 is 0. The molecule has 1 aromatic heterocycles. The SMILES string of the molecule is CCOc1ccc(NC(=O)CNC(=O)c2cn(C)nc2OC)cc1. The van der Waals surface area contributed by atoms with Gasteiger partial charge in [0.2, 0.25) is 11.8 Å². The number of ether oxygens (including phenoxy) is 2. The number of benzene rings is 1. The van der Waals surface area contributed by atoms with E-state index in [4.69, 9.17) is 9.47 Å². The normalized spacial score (nSPS) is 10.1. The summed E-state index contributed by atoms with van der Waals surface area (Å²) in [5.41, 5.74) is 0.894. The Morgan fingerprint density at radius 3 is 2.58 bits per heavy atom. The van der Waals surface area contributed by atoms with Gasteiger partial charge in [0, 0.05) is 18.9 Å². The molecule has 0 fully saturated rings. The quantitative estimate of drug-likeness (QED) is 0.794. The maximum absolute atomic E-state index is 12.1. The molecule has 0 radical (unpaired) electrons. The number of hydrogen-bond donors (Lipinski definition) is 2. The second-order valence-electron chi connectivity index (χ2n) is 4.91. The number of amides is 2. The van der Waals surface area contributed by atoms with Gasteiger partial charge in [-0.2, -0.15) is 0 Å². The number of nitrogens with zero attached hydrogens (tertiary/aromatic N) is 2. The average Bonchev–Trinajstić information content (AvgIpc) is 2.96. The van der Waals surface area contributed by atoms with Gasteiger partial charge < -0.3 is 20.1 Å². The van der Waals surface area contributed by atoms with Crippen molar-refractivity contribution in [1.82, 2.24) is 15.1 Å². The number of methoxy groups -OCH3 is 1. The molecule has 0 spiro atoms. The lowest BCUT2D eigenvalue weighted by Crippen LogP contribution is -2.32. The Morgan fingerprint density at radius 1 is 1.25 bits per heavy atom. The molecule has 8 heteroatoms. The Balaban J connectivity index is 1.87. The molecule has 1 heterocycles. The first-order valence-corrected chi connectivity index (χ1v) is 7.42. The lowest BCUT2D eigenvalue weighted by molar-refractivity contribution is -0.115. The minimum Gasteiger partial charge on any atom is -0.494 e. The zero-order valence-electron chi connectivity index (χ0n) is 13.8. The summed E-state index contributed by atoms with van der Waals surface area (Å²) in [6.45, 7) is 2.31. The fourth-order valence-electron chi connectivity index (χ4n) is 2.04. The van der Waals surface area contributed by atoms with Crippen molar-refractivity contribution in [1.29, 1.82) is 0 Å². The molecule has 128 valence electrons. The third-order valence-electron chi connectivity index (χ3n) is 3.09. The minimum absolute atomic E-state index is 0.163. The zero-order valence-corrected chi connectivity index (χ0v) is 13.8. The molecule has 0 atom stereocenters. The predicted molar refractivity (Wildman–Crippen MR) is 88.3 cm³/mol. The molecule has 0 saturated heterocycles. The Morgan fingerprint density at radius 2 is 1.96 bits per heavy atom. The van der Waals surface area contributed by atoms with Crippen LogP contribution in [0.15, 0.2) is 30.5 Å². The molecule has 2 aromatic rings. The van der Waals surface area contributed by atoms with Crippen LogP contribution in [-0.4, -0.2) is 41.9 Å². The molecule has 2 rings (SSSR count). The lowest BCUT2D eigenvalue weighted by Gasteiger charge is -2.08. The molecule has 0 bridgehead atoms. The predicted octanol–water partition coefficient (Wildman–Crippen LogP) is 1.20. The molecular weight excluding hydrogens is 312 g/mol. The average molecular weight is 332 g/mol. The van der Waals surface area contributed by atoms with Gasteiger partial charge in [0.25, 0.3) is 5.91 Å². The van der Waals surface area contributed by atoms with Crippen LogP contribution in [0, 0.1) is 0 Å². The van der Waals surface area contributed by atoms with E-state index in [9.17, 15) is 9.59 Å². The first-order chi connectivity index (χ1) is 11.5. The van der Waals surface area contributed by atoms with Gasteiger partial charge in [0.15, 0.2) is 0 Å². The smallest absolute Gasteiger partial charge is 0.258 e. The molecule has 0 saturated carbocycles. The Hall–Kier alpha value is -3.03. The van der Waals surface area contributed by atoms with Crippen LogP contribution >= 0.6 is 0 Å². The van der Waals surface area contributed by atoms with Crippen molar-refractivity contribution in [3.8, 4) is 11.6 Å². The second kappa shape index (κ2) is 8.00. The highest BCUT2D eigenvalue weighted by atomic mass is 16.5. The van der Waals surface area contributed by atoms with E-state index in [1.165, 1.54) is 18.0 Å². The van der Waals surface area contributed by atoms with Crippen LogP contribution in [0.5, 0.6) is 11.6 Å². The van der Waals surface area contributed by atoms with Crippen LogP contribution in [0.3, 0.4) is 0 Å². The van der Waals surface area contributed by atoms with Crippen molar-refractivity contribution >= 4 is 17.5 Å². The van der Waals surface area contributed by atoms with Crippen molar-refractivity contribution in [2.24, 2.45) is 7.05 Å². The van der Waals surface area contributed by atoms with Crippen LogP contribution in [0.2, 0.25) is 0 Å². The topological polar surface area (TPSA) is 94.5 Å². The van der Waals surface area contributed by atoms with E-state index in [-0.39, 0.29) is 23.9 Å². The fraction of sp³-hybridized carbons (Fsp3) is 0.312. The van der Waals surface area contributed by atoms with E-state index in [1.807, 2.05) is 6.92 Å². The summed E-state index contributed by atoms with van der Waals surface area (Å²) in [5, 5.41) is 9.21. The van der Waals surface area contributed by atoms with Crippen LogP contribution in [0.4, 0.5) is 5.69 Å². The molecule has 24 heavy (non-hydrogen) atoms. The van der Waals surface area contributed by atoms with Crippen molar-refractivity contribution in [2.75, 3.05) is 25.6 Å². The maximum atomic E-state index is 12.1. The van der Waals surface area contributed by atoms with Gasteiger partial charge >= 0.3 is 0 Å². The van der Waals surface area contributed by atoms with Gasteiger partial charge in [-0.05, 0) is 31.2 Å². The van der Waals surface area contributed by atoms with Crippen molar-refractivity contribution < 1.29 is 19.1 Å². The van der Waals surface area contributed by atoms with Gasteiger partial charge in [0.1, 0.15) is 11.3 Å². The van der Waals surface area contributed by atoms with Crippen molar-refractivity contribution in [2.45, 2.75) is 6.92 Å². The molecule has 1 aromatic carbocycles. The van der Waals surface area contributed by atoms with Crippen LogP contribution in [0.1, 0.15) is 17.3 Å². The van der Waals surface area contributed by atoms with Gasteiger partial charge in [0.05, 0.1) is 20.3 Å². The standard InChI is InChI=1S/C16H20N4O4/c1-4-24-12-7-5-11(6-8-12)18-14(21)9-17-15(22)13-10-20(2)19-16(13)23-3/h5-8,10H,4,9H2,1-3H3,(H,17,22)(H,18,21). The first kappa shape index (κ1) is 17.3. The highest BCUT2D eigenvalue weighted by Gasteiger charge is 2.16. The number of rotatable bonds is 7. The summed E-state index contributed by atoms with van der Waals surface area (Å²) in [6, 6.07) is 6.99. The Kier molecular flexibility index (Phi) is 5.78. The van der Waals surface area contributed by atoms with E-state index in [2.05, 4.69) is 15.7 Å². The van der Waals surface area contributed by atoms with Crippen LogP contribution in [0.25, 0.3) is 0 Å². The lowest BCUT2D eigenvalue weighted by atomic mass is 10.3. The van der Waals surface area contributed by atoms with E-state index in [1.54, 1.807) is 31.3 Å². The van der Waals surface area contributed by atoms with E-state index in [0.717, 1.165) is 5.75 Å². The molecule has 0 aliphatic carbocycles. The van der Waals surface area contributed by atoms with E-state index < -0.39 is 5.91 Å². The number of hydrogen-bond acceptors (Lipinski definition) is 5. The molecule has 2 N–H and O–H groups in total. The summed E-state index contributed by atoms with van der Waals surface area (Å²) < 4.78 is 11.8. The molecule has 8 nitrogen and oxygen atoms in total. The second-order valence-corrected chi connectivity index (χ2v) is 4.91. The fourth-order valence-corrected chi connectivity index (χ4v) is 2.04. The summed E-state index contributed by atoms with van der Waals surface area (Å²) in [5.74, 6) is 0.173. The van der Waals surface area contributed by atoms with Gasteiger partial charge in [-0.3, -0.25) is 14.3 Å².